The van der Waals surface area contributed by atoms with Crippen LogP contribution in [0.5, 0.6) is 0 Å². The SMILES string of the molecule is C=C(C)C1OCOCO1. The Hall–Kier alpha value is -0.380. The van der Waals surface area contributed by atoms with E-state index in [2.05, 4.69) is 6.58 Å². The summed E-state index contributed by atoms with van der Waals surface area (Å²) in [5, 5.41) is 0. The summed E-state index contributed by atoms with van der Waals surface area (Å²) in [5.74, 6) is 0. The summed E-state index contributed by atoms with van der Waals surface area (Å²) in [6.45, 7) is 6.14. The Labute approximate surface area is 54.2 Å². The molecule has 1 aliphatic heterocycles. The normalized spacial score (nSPS) is 21.9. The predicted octanol–water partition coefficient (Wildman–Crippen LogP) is 0.867. The third-order valence-electron chi connectivity index (χ3n) is 1.01. The average Bonchev–Trinajstić information content (AvgIpc) is 1.90. The van der Waals surface area contributed by atoms with Crippen molar-refractivity contribution in [3.63, 3.8) is 0 Å². The van der Waals surface area contributed by atoms with E-state index in [0.717, 1.165) is 5.57 Å². The second-order valence-corrected chi connectivity index (χ2v) is 1.95. The summed E-state index contributed by atoms with van der Waals surface area (Å²) in [7, 11) is 0. The molecule has 1 aliphatic rings. The highest BCUT2D eigenvalue weighted by Crippen LogP contribution is 2.09. The summed E-state index contributed by atoms with van der Waals surface area (Å²) in [5.41, 5.74) is 0.873. The fourth-order valence-electron chi connectivity index (χ4n) is 0.586. The van der Waals surface area contributed by atoms with Gasteiger partial charge >= 0.3 is 0 Å². The fourth-order valence-corrected chi connectivity index (χ4v) is 0.586. The number of rotatable bonds is 1. The first-order chi connectivity index (χ1) is 4.30. The molecule has 0 spiro atoms. The largest absolute Gasteiger partial charge is 0.329 e. The van der Waals surface area contributed by atoms with Gasteiger partial charge in [-0.05, 0) is 12.5 Å². The third-order valence-corrected chi connectivity index (χ3v) is 1.01. The van der Waals surface area contributed by atoms with E-state index >= 15 is 0 Å². The van der Waals surface area contributed by atoms with Crippen LogP contribution in [0.2, 0.25) is 0 Å². The quantitative estimate of drug-likeness (QED) is 0.493. The molecule has 52 valence electrons. The highest BCUT2D eigenvalue weighted by molar-refractivity contribution is 4.92. The fraction of sp³-hybridized carbons (Fsp3) is 0.667. The topological polar surface area (TPSA) is 27.7 Å². The van der Waals surface area contributed by atoms with Crippen molar-refractivity contribution in [2.75, 3.05) is 13.6 Å². The van der Waals surface area contributed by atoms with Crippen LogP contribution >= 0.6 is 0 Å². The van der Waals surface area contributed by atoms with Gasteiger partial charge in [-0.15, -0.1) is 0 Å². The maximum Gasteiger partial charge on any atom is 0.184 e. The highest BCUT2D eigenvalue weighted by atomic mass is 16.8. The molecule has 3 nitrogen and oxygen atoms in total. The Balaban J connectivity index is 2.31. The first kappa shape index (κ1) is 6.74. The Bertz CT molecular complexity index is 105. The molecule has 1 heterocycles. The van der Waals surface area contributed by atoms with Gasteiger partial charge < -0.3 is 14.2 Å². The van der Waals surface area contributed by atoms with Crippen LogP contribution in [-0.4, -0.2) is 19.9 Å². The molecule has 0 amide bonds. The Morgan fingerprint density at radius 1 is 1.44 bits per heavy atom. The van der Waals surface area contributed by atoms with Gasteiger partial charge in [-0.25, -0.2) is 0 Å². The lowest BCUT2D eigenvalue weighted by molar-refractivity contribution is -0.284. The van der Waals surface area contributed by atoms with Gasteiger partial charge in [0.15, 0.2) is 19.9 Å². The third kappa shape index (κ3) is 1.78. The minimum absolute atomic E-state index is 0.265. The summed E-state index contributed by atoms with van der Waals surface area (Å²) in [6, 6.07) is 0. The molecular formula is C6H10O3. The van der Waals surface area contributed by atoms with E-state index in [-0.39, 0.29) is 6.29 Å². The minimum Gasteiger partial charge on any atom is -0.329 e. The van der Waals surface area contributed by atoms with Crippen LogP contribution in [0.3, 0.4) is 0 Å². The predicted molar refractivity (Wildman–Crippen MR) is 31.6 cm³/mol. The van der Waals surface area contributed by atoms with Gasteiger partial charge in [-0.2, -0.15) is 0 Å². The van der Waals surface area contributed by atoms with Crippen molar-refractivity contribution >= 4 is 0 Å². The molecule has 9 heavy (non-hydrogen) atoms. The van der Waals surface area contributed by atoms with Crippen LogP contribution in [0.1, 0.15) is 6.92 Å². The van der Waals surface area contributed by atoms with Crippen LogP contribution in [0.4, 0.5) is 0 Å². The van der Waals surface area contributed by atoms with Gasteiger partial charge in [0.05, 0.1) is 0 Å². The van der Waals surface area contributed by atoms with Crippen LogP contribution < -0.4 is 0 Å². The van der Waals surface area contributed by atoms with Gasteiger partial charge in [-0.1, -0.05) is 6.58 Å². The van der Waals surface area contributed by atoms with E-state index < -0.39 is 0 Å². The molecule has 1 saturated heterocycles. The summed E-state index contributed by atoms with van der Waals surface area (Å²) in [6.07, 6.45) is -0.265. The van der Waals surface area contributed by atoms with Crippen LogP contribution in [0, 0.1) is 0 Å². The number of hydrogen-bond acceptors (Lipinski definition) is 3. The molecule has 0 atom stereocenters. The summed E-state index contributed by atoms with van der Waals surface area (Å²) in [4.78, 5) is 0. The van der Waals surface area contributed by atoms with E-state index in [1.807, 2.05) is 6.92 Å². The lowest BCUT2D eigenvalue weighted by atomic mass is 10.3. The molecule has 0 aliphatic carbocycles. The average molecular weight is 130 g/mol. The van der Waals surface area contributed by atoms with Crippen LogP contribution in [0.15, 0.2) is 12.2 Å². The van der Waals surface area contributed by atoms with Crippen molar-refractivity contribution in [2.45, 2.75) is 13.2 Å². The lowest BCUT2D eigenvalue weighted by Crippen LogP contribution is -2.26. The standard InChI is InChI=1S/C6H10O3/c1-5(2)6-8-3-7-4-9-6/h6H,1,3-4H2,2H3. The zero-order chi connectivity index (χ0) is 6.69. The molecular weight excluding hydrogens is 120 g/mol. The van der Waals surface area contributed by atoms with Gasteiger partial charge in [0.25, 0.3) is 0 Å². The minimum atomic E-state index is -0.265. The zero-order valence-electron chi connectivity index (χ0n) is 5.42. The second-order valence-electron chi connectivity index (χ2n) is 1.95. The molecule has 0 aromatic heterocycles. The van der Waals surface area contributed by atoms with E-state index in [1.54, 1.807) is 0 Å². The first-order valence-corrected chi connectivity index (χ1v) is 2.77. The second kappa shape index (κ2) is 2.96. The van der Waals surface area contributed by atoms with Gasteiger partial charge in [-0.3, -0.25) is 0 Å². The van der Waals surface area contributed by atoms with E-state index in [9.17, 15) is 0 Å². The molecule has 0 saturated carbocycles. The van der Waals surface area contributed by atoms with Crippen molar-refractivity contribution in [1.29, 1.82) is 0 Å². The molecule has 0 aromatic rings. The molecule has 0 unspecified atom stereocenters. The molecule has 0 aromatic carbocycles. The van der Waals surface area contributed by atoms with Crippen molar-refractivity contribution in [3.05, 3.63) is 12.2 Å². The van der Waals surface area contributed by atoms with Crippen LogP contribution in [0.25, 0.3) is 0 Å². The highest BCUT2D eigenvalue weighted by Gasteiger charge is 2.13. The van der Waals surface area contributed by atoms with Crippen molar-refractivity contribution < 1.29 is 14.2 Å². The molecule has 0 bridgehead atoms. The molecule has 0 N–H and O–H groups in total. The van der Waals surface area contributed by atoms with Crippen LogP contribution in [-0.2, 0) is 14.2 Å². The van der Waals surface area contributed by atoms with Gasteiger partial charge in [0.2, 0.25) is 0 Å². The summed E-state index contributed by atoms with van der Waals surface area (Å²) < 4.78 is 14.8. The van der Waals surface area contributed by atoms with Crippen molar-refractivity contribution in [2.24, 2.45) is 0 Å². The van der Waals surface area contributed by atoms with E-state index in [1.165, 1.54) is 0 Å². The zero-order valence-corrected chi connectivity index (χ0v) is 5.42. The van der Waals surface area contributed by atoms with E-state index in [4.69, 9.17) is 14.2 Å². The molecule has 1 rings (SSSR count). The number of ether oxygens (including phenoxy) is 3. The number of hydrogen-bond donors (Lipinski definition) is 0. The molecule has 1 fully saturated rings. The maximum absolute atomic E-state index is 5.00. The summed E-state index contributed by atoms with van der Waals surface area (Å²) >= 11 is 0. The lowest BCUT2D eigenvalue weighted by Gasteiger charge is -2.22. The van der Waals surface area contributed by atoms with Crippen molar-refractivity contribution in [1.82, 2.24) is 0 Å². The molecule has 3 heteroatoms. The maximum atomic E-state index is 5.00. The Morgan fingerprint density at radius 2 is 2.00 bits per heavy atom. The smallest absolute Gasteiger partial charge is 0.184 e. The monoisotopic (exact) mass is 130 g/mol. The Kier molecular flexibility index (Phi) is 2.22. The Morgan fingerprint density at radius 3 is 2.33 bits per heavy atom. The van der Waals surface area contributed by atoms with Gasteiger partial charge in [0.1, 0.15) is 0 Å². The van der Waals surface area contributed by atoms with Crippen molar-refractivity contribution in [3.8, 4) is 0 Å². The van der Waals surface area contributed by atoms with Gasteiger partial charge in [0, 0.05) is 0 Å². The van der Waals surface area contributed by atoms with E-state index in [0.29, 0.717) is 13.6 Å². The first-order valence-electron chi connectivity index (χ1n) is 2.77. The molecule has 0 radical (unpaired) electrons.